The Morgan fingerprint density at radius 3 is 2.88 bits per heavy atom. The molecule has 0 aliphatic carbocycles. The van der Waals surface area contributed by atoms with E-state index in [1.54, 1.807) is 27.9 Å². The van der Waals surface area contributed by atoms with Gasteiger partial charge in [-0.25, -0.2) is 0 Å². The number of fused-ring (bicyclic) bond motifs is 2. The number of benzene rings is 1. The van der Waals surface area contributed by atoms with Crippen molar-refractivity contribution in [1.29, 1.82) is 0 Å². The largest absolute Gasteiger partial charge is 0.350 e. The van der Waals surface area contributed by atoms with Crippen LogP contribution in [0, 0.1) is 6.92 Å². The lowest BCUT2D eigenvalue weighted by Gasteiger charge is -2.27. The van der Waals surface area contributed by atoms with Crippen molar-refractivity contribution in [3.05, 3.63) is 82.0 Å². The van der Waals surface area contributed by atoms with Gasteiger partial charge < -0.3 is 15.2 Å². The van der Waals surface area contributed by atoms with Gasteiger partial charge in [0.2, 0.25) is 0 Å². The highest BCUT2D eigenvalue weighted by Gasteiger charge is 2.30. The molecule has 2 N–H and O–H groups in total. The van der Waals surface area contributed by atoms with Gasteiger partial charge in [-0.1, -0.05) is 23.7 Å². The van der Waals surface area contributed by atoms with E-state index in [-0.39, 0.29) is 18.4 Å². The summed E-state index contributed by atoms with van der Waals surface area (Å²) in [6, 6.07) is 12.9. The second kappa shape index (κ2) is 8.12. The molecule has 5 rings (SSSR count). The van der Waals surface area contributed by atoms with E-state index in [4.69, 9.17) is 11.6 Å². The molecule has 0 bridgehead atoms. The van der Waals surface area contributed by atoms with Crippen LogP contribution in [0.1, 0.15) is 37.9 Å². The lowest BCUT2D eigenvalue weighted by atomic mass is 10.1. The molecule has 4 heterocycles. The van der Waals surface area contributed by atoms with Gasteiger partial charge in [-0.15, -0.1) is 0 Å². The molecule has 0 radical (unpaired) electrons. The average molecular weight is 449 g/mol. The molecule has 3 aromatic heterocycles. The van der Waals surface area contributed by atoms with Gasteiger partial charge in [0.05, 0.1) is 24.5 Å². The maximum Gasteiger partial charge on any atom is 0.272 e. The summed E-state index contributed by atoms with van der Waals surface area (Å²) in [4.78, 5) is 35.2. The molecule has 0 saturated carbocycles. The van der Waals surface area contributed by atoms with E-state index in [0.29, 0.717) is 36.0 Å². The maximum atomic E-state index is 13.2. The molecular formula is C23H21ClN6O2. The number of halogens is 1. The third kappa shape index (κ3) is 3.62. The number of aromatic nitrogens is 4. The number of carbonyl (C=O) groups is 2. The van der Waals surface area contributed by atoms with E-state index in [1.807, 2.05) is 37.3 Å². The minimum atomic E-state index is -0.273. The van der Waals surface area contributed by atoms with E-state index in [2.05, 4.69) is 20.4 Å². The second-order valence-corrected chi connectivity index (χ2v) is 8.16. The molecule has 2 amide bonds. The zero-order valence-corrected chi connectivity index (χ0v) is 18.2. The highest BCUT2D eigenvalue weighted by Crippen LogP contribution is 2.24. The topological polar surface area (TPSA) is 95.9 Å². The number of amides is 2. The Bertz CT molecular complexity index is 1330. The Kier molecular flexibility index (Phi) is 5.14. The minimum absolute atomic E-state index is 0.107. The predicted molar refractivity (Wildman–Crippen MR) is 120 cm³/mol. The average Bonchev–Trinajstić information content (AvgIpc) is 3.37. The monoisotopic (exact) mass is 448 g/mol. The number of hydrogen-bond donors (Lipinski definition) is 2. The van der Waals surface area contributed by atoms with Gasteiger partial charge in [-0.05, 0) is 37.3 Å². The summed E-state index contributed by atoms with van der Waals surface area (Å²) in [5.41, 5.74) is 4.01. The number of nitrogens with one attached hydrogen (secondary N) is 2. The van der Waals surface area contributed by atoms with Crippen molar-refractivity contribution in [2.45, 2.75) is 26.6 Å². The molecule has 4 aromatic rings. The summed E-state index contributed by atoms with van der Waals surface area (Å²) in [6.45, 7) is 3.65. The van der Waals surface area contributed by atoms with Gasteiger partial charge in [-0.2, -0.15) is 5.10 Å². The number of aryl methyl sites for hydroxylation is 1. The molecule has 0 unspecified atom stereocenters. The Hall–Kier alpha value is -3.65. The summed E-state index contributed by atoms with van der Waals surface area (Å²) in [5, 5.41) is 8.80. The van der Waals surface area contributed by atoms with Crippen LogP contribution in [0.2, 0.25) is 5.02 Å². The number of pyridine rings is 1. The summed E-state index contributed by atoms with van der Waals surface area (Å²) in [6.07, 6.45) is 1.72. The van der Waals surface area contributed by atoms with E-state index >= 15 is 0 Å². The van der Waals surface area contributed by atoms with Crippen LogP contribution < -0.4 is 5.32 Å². The van der Waals surface area contributed by atoms with Crippen LogP contribution in [-0.2, 0) is 19.6 Å². The zero-order valence-electron chi connectivity index (χ0n) is 17.4. The van der Waals surface area contributed by atoms with Crippen LogP contribution in [0.25, 0.3) is 10.9 Å². The second-order valence-electron chi connectivity index (χ2n) is 7.75. The molecule has 1 aliphatic rings. The Labute approximate surface area is 189 Å². The summed E-state index contributed by atoms with van der Waals surface area (Å²) in [5.74, 6) is -0.380. The molecule has 162 valence electrons. The third-order valence-electron chi connectivity index (χ3n) is 5.68. The van der Waals surface area contributed by atoms with E-state index in [9.17, 15) is 9.59 Å². The van der Waals surface area contributed by atoms with Gasteiger partial charge in [0, 0.05) is 40.8 Å². The first-order chi connectivity index (χ1) is 15.5. The number of hydrogen-bond acceptors (Lipinski definition) is 4. The molecular weight excluding hydrogens is 428 g/mol. The number of nitrogens with zero attached hydrogens (tertiary/aromatic N) is 4. The van der Waals surface area contributed by atoms with E-state index < -0.39 is 0 Å². The molecule has 0 fully saturated rings. The fourth-order valence-electron chi connectivity index (χ4n) is 4.04. The van der Waals surface area contributed by atoms with Crippen molar-refractivity contribution >= 4 is 34.3 Å². The van der Waals surface area contributed by atoms with Gasteiger partial charge >= 0.3 is 0 Å². The van der Waals surface area contributed by atoms with Crippen LogP contribution in [-0.4, -0.2) is 43.0 Å². The van der Waals surface area contributed by atoms with Crippen LogP contribution in [0.3, 0.4) is 0 Å². The normalized spacial score (nSPS) is 13.4. The molecule has 1 aliphatic heterocycles. The van der Waals surface area contributed by atoms with Crippen molar-refractivity contribution in [2.75, 3.05) is 6.54 Å². The lowest BCUT2D eigenvalue weighted by molar-refractivity contribution is 0.0678. The van der Waals surface area contributed by atoms with Gasteiger partial charge in [0.15, 0.2) is 0 Å². The highest BCUT2D eigenvalue weighted by atomic mass is 35.5. The number of aromatic amines is 1. The first-order valence-corrected chi connectivity index (χ1v) is 10.7. The van der Waals surface area contributed by atoms with Crippen molar-refractivity contribution < 1.29 is 9.59 Å². The smallest absolute Gasteiger partial charge is 0.272 e. The highest BCUT2D eigenvalue weighted by molar-refractivity contribution is 6.35. The van der Waals surface area contributed by atoms with Gasteiger partial charge in [-0.3, -0.25) is 19.3 Å². The minimum Gasteiger partial charge on any atom is -0.350 e. The van der Waals surface area contributed by atoms with Crippen molar-refractivity contribution in [3.63, 3.8) is 0 Å². The molecule has 1 aromatic carbocycles. The van der Waals surface area contributed by atoms with Crippen molar-refractivity contribution in [3.8, 4) is 0 Å². The van der Waals surface area contributed by atoms with E-state index in [1.165, 1.54) is 0 Å². The Morgan fingerprint density at radius 1 is 1.22 bits per heavy atom. The SMILES string of the molecule is Cc1nn2c(c1CNC(=O)c1cc3c(Cl)cccc3[nH]1)C(=O)N(Cc1ccccn1)CC2. The van der Waals surface area contributed by atoms with Crippen molar-refractivity contribution in [2.24, 2.45) is 0 Å². The van der Waals surface area contributed by atoms with Gasteiger partial charge in [0.1, 0.15) is 11.4 Å². The third-order valence-corrected chi connectivity index (χ3v) is 6.01. The standard InChI is InChI=1S/C23H21ClN6O2/c1-14-17(12-26-22(31)20-11-16-18(24)6-4-7-19(16)27-20)21-23(32)29(9-10-30(21)28-14)13-15-5-2-3-8-25-15/h2-8,11,27H,9-10,12-13H2,1H3,(H,26,31). The summed E-state index contributed by atoms with van der Waals surface area (Å²) >= 11 is 6.21. The molecule has 32 heavy (non-hydrogen) atoms. The number of H-pyrrole nitrogens is 1. The molecule has 9 heteroatoms. The number of carbonyl (C=O) groups excluding carboxylic acids is 2. The summed E-state index contributed by atoms with van der Waals surface area (Å²) in [7, 11) is 0. The fraction of sp³-hybridized carbons (Fsp3) is 0.217. The van der Waals surface area contributed by atoms with E-state index in [0.717, 1.165) is 27.9 Å². The first-order valence-electron chi connectivity index (χ1n) is 10.3. The zero-order chi connectivity index (χ0) is 22.2. The lowest BCUT2D eigenvalue weighted by Crippen LogP contribution is -2.41. The quantitative estimate of drug-likeness (QED) is 0.489. The predicted octanol–water partition coefficient (Wildman–Crippen LogP) is 3.31. The fourth-order valence-corrected chi connectivity index (χ4v) is 4.27. The van der Waals surface area contributed by atoms with Crippen LogP contribution in [0.5, 0.6) is 0 Å². The summed E-state index contributed by atoms with van der Waals surface area (Å²) < 4.78 is 1.73. The maximum absolute atomic E-state index is 13.2. The Morgan fingerprint density at radius 2 is 2.09 bits per heavy atom. The first kappa shape index (κ1) is 20.3. The van der Waals surface area contributed by atoms with Crippen LogP contribution >= 0.6 is 11.6 Å². The molecule has 0 spiro atoms. The number of rotatable bonds is 5. The molecule has 8 nitrogen and oxygen atoms in total. The van der Waals surface area contributed by atoms with Crippen LogP contribution in [0.15, 0.2) is 48.7 Å². The van der Waals surface area contributed by atoms with Crippen LogP contribution in [0.4, 0.5) is 0 Å². The van der Waals surface area contributed by atoms with Gasteiger partial charge in [0.25, 0.3) is 11.8 Å². The van der Waals surface area contributed by atoms with Crippen molar-refractivity contribution in [1.82, 2.24) is 30.0 Å². The molecule has 0 atom stereocenters. The Balaban J connectivity index is 1.35. The molecule has 0 saturated heterocycles.